The van der Waals surface area contributed by atoms with E-state index in [1.54, 1.807) is 4.68 Å². The number of aromatic nitrogens is 7. The monoisotopic (exact) mass is 485 g/mol. The van der Waals surface area contributed by atoms with Crippen molar-refractivity contribution in [1.29, 1.82) is 0 Å². The van der Waals surface area contributed by atoms with Crippen molar-refractivity contribution in [1.82, 2.24) is 35.0 Å². The van der Waals surface area contributed by atoms with E-state index in [0.717, 1.165) is 47.3 Å². The quantitative estimate of drug-likeness (QED) is 0.190. The summed E-state index contributed by atoms with van der Waals surface area (Å²) < 4.78 is 3.42. The van der Waals surface area contributed by atoms with Gasteiger partial charge in [0.1, 0.15) is 5.82 Å². The summed E-state index contributed by atoms with van der Waals surface area (Å²) in [6, 6.07) is 16.3. The summed E-state index contributed by atoms with van der Waals surface area (Å²) in [5.74, 6) is 1.43. The molecule has 0 saturated heterocycles. The maximum absolute atomic E-state index is 13.1. The number of aryl methyl sites for hydroxylation is 2. The van der Waals surface area contributed by atoms with Crippen molar-refractivity contribution in [3.05, 3.63) is 83.1 Å². The maximum Gasteiger partial charge on any atom is 0.346 e. The SMILES string of the molecule is C=CCCn1nc(CCCCCCCC)n(Cc2ccc(-c3ccccc3-c3nn[nH]n3)cc2)c1=O. The van der Waals surface area contributed by atoms with Crippen LogP contribution in [0.25, 0.3) is 22.5 Å². The molecule has 4 rings (SSSR count). The molecule has 8 heteroatoms. The number of benzene rings is 2. The minimum Gasteiger partial charge on any atom is -0.274 e. The standard InChI is InChI=1S/C28H35N7O/c1-3-5-7-8-9-10-15-26-31-35(20-6-4-2)28(36)34(26)21-22-16-18-23(19-17-22)24-13-11-12-14-25(24)27-29-32-33-30-27/h4,11-14,16-19H,2-3,5-10,15,20-21H2,1H3,(H,29,30,32,33). The molecule has 8 nitrogen and oxygen atoms in total. The third kappa shape index (κ3) is 6.24. The highest BCUT2D eigenvalue weighted by Gasteiger charge is 2.14. The number of rotatable bonds is 14. The molecular weight excluding hydrogens is 450 g/mol. The Balaban J connectivity index is 1.52. The zero-order chi connectivity index (χ0) is 25.2. The van der Waals surface area contributed by atoms with Crippen LogP contribution in [0.3, 0.4) is 0 Å². The van der Waals surface area contributed by atoms with E-state index in [9.17, 15) is 4.79 Å². The smallest absolute Gasteiger partial charge is 0.274 e. The Morgan fingerprint density at radius 1 is 0.972 bits per heavy atom. The van der Waals surface area contributed by atoms with Gasteiger partial charge in [-0.1, -0.05) is 93.6 Å². The molecule has 188 valence electrons. The van der Waals surface area contributed by atoms with Crippen LogP contribution in [0, 0.1) is 0 Å². The van der Waals surface area contributed by atoms with Gasteiger partial charge in [0.2, 0.25) is 5.82 Å². The first-order valence-corrected chi connectivity index (χ1v) is 12.9. The Hall–Kier alpha value is -3.81. The molecule has 0 aliphatic heterocycles. The van der Waals surface area contributed by atoms with Crippen molar-refractivity contribution in [2.24, 2.45) is 0 Å². The molecule has 0 unspecified atom stereocenters. The fourth-order valence-corrected chi connectivity index (χ4v) is 4.43. The van der Waals surface area contributed by atoms with Crippen molar-refractivity contribution < 1.29 is 0 Å². The molecule has 4 aromatic rings. The molecule has 1 N–H and O–H groups in total. The summed E-state index contributed by atoms with van der Waals surface area (Å²) in [6.45, 7) is 7.08. The third-order valence-corrected chi connectivity index (χ3v) is 6.42. The molecule has 2 aromatic heterocycles. The second-order valence-electron chi connectivity index (χ2n) is 9.08. The van der Waals surface area contributed by atoms with Crippen LogP contribution in [0.15, 0.2) is 66.0 Å². The van der Waals surface area contributed by atoms with Gasteiger partial charge in [-0.3, -0.25) is 4.57 Å². The molecule has 0 saturated carbocycles. The molecule has 2 aromatic carbocycles. The van der Waals surface area contributed by atoms with Gasteiger partial charge in [-0.15, -0.1) is 16.8 Å². The predicted molar refractivity (Wildman–Crippen MR) is 143 cm³/mol. The van der Waals surface area contributed by atoms with Gasteiger partial charge in [0.05, 0.1) is 6.54 Å². The van der Waals surface area contributed by atoms with Crippen molar-refractivity contribution in [3.8, 4) is 22.5 Å². The van der Waals surface area contributed by atoms with Crippen LogP contribution in [0.5, 0.6) is 0 Å². The van der Waals surface area contributed by atoms with Gasteiger partial charge in [-0.2, -0.15) is 10.3 Å². The molecule has 0 radical (unpaired) electrons. The minimum absolute atomic E-state index is 0.0515. The molecule has 0 bridgehead atoms. The number of nitrogens with zero attached hydrogens (tertiary/aromatic N) is 6. The number of hydrogen-bond donors (Lipinski definition) is 1. The van der Waals surface area contributed by atoms with E-state index < -0.39 is 0 Å². The lowest BCUT2D eigenvalue weighted by atomic mass is 9.98. The van der Waals surface area contributed by atoms with Crippen LogP contribution in [0.1, 0.15) is 63.3 Å². The van der Waals surface area contributed by atoms with Crippen molar-refractivity contribution >= 4 is 0 Å². The first-order chi connectivity index (χ1) is 17.7. The highest BCUT2D eigenvalue weighted by atomic mass is 16.2. The summed E-state index contributed by atoms with van der Waals surface area (Å²) >= 11 is 0. The number of allylic oxidation sites excluding steroid dienone is 1. The van der Waals surface area contributed by atoms with Gasteiger partial charge in [-0.05, 0) is 34.7 Å². The molecule has 0 amide bonds. The topological polar surface area (TPSA) is 94.3 Å². The number of H-pyrrole nitrogens is 1. The van der Waals surface area contributed by atoms with Crippen LogP contribution in [-0.2, 0) is 19.5 Å². The first-order valence-electron chi connectivity index (χ1n) is 12.9. The molecule has 0 aliphatic carbocycles. The van der Waals surface area contributed by atoms with Crippen LogP contribution in [-0.4, -0.2) is 35.0 Å². The zero-order valence-corrected chi connectivity index (χ0v) is 21.1. The minimum atomic E-state index is -0.0515. The maximum atomic E-state index is 13.1. The highest BCUT2D eigenvalue weighted by molar-refractivity contribution is 5.80. The van der Waals surface area contributed by atoms with Crippen LogP contribution in [0.4, 0.5) is 0 Å². The van der Waals surface area contributed by atoms with Gasteiger partial charge in [0.25, 0.3) is 0 Å². The second-order valence-corrected chi connectivity index (χ2v) is 9.08. The summed E-state index contributed by atoms with van der Waals surface area (Å²) in [4.78, 5) is 13.1. The van der Waals surface area contributed by atoms with E-state index in [1.165, 1.54) is 32.1 Å². The van der Waals surface area contributed by atoms with Gasteiger partial charge in [-0.25, -0.2) is 9.48 Å². The Morgan fingerprint density at radius 2 is 1.72 bits per heavy atom. The number of tetrazole rings is 1. The van der Waals surface area contributed by atoms with E-state index in [-0.39, 0.29) is 5.69 Å². The predicted octanol–water partition coefficient (Wildman–Crippen LogP) is 5.42. The first kappa shape index (κ1) is 25.3. The highest BCUT2D eigenvalue weighted by Crippen LogP contribution is 2.29. The molecule has 36 heavy (non-hydrogen) atoms. The second kappa shape index (κ2) is 12.8. The fraction of sp³-hybridized carbons (Fsp3) is 0.393. The van der Waals surface area contributed by atoms with E-state index in [0.29, 0.717) is 18.9 Å². The third-order valence-electron chi connectivity index (χ3n) is 6.42. The Kier molecular flexibility index (Phi) is 8.97. The Labute approximate surface area is 212 Å². The molecular formula is C28H35N7O. The lowest BCUT2D eigenvalue weighted by molar-refractivity contribution is 0.580. The van der Waals surface area contributed by atoms with Gasteiger partial charge < -0.3 is 0 Å². The van der Waals surface area contributed by atoms with E-state index in [1.807, 2.05) is 34.9 Å². The molecule has 2 heterocycles. The van der Waals surface area contributed by atoms with E-state index >= 15 is 0 Å². The average molecular weight is 486 g/mol. The average Bonchev–Trinajstić information content (AvgIpc) is 3.55. The summed E-state index contributed by atoms with van der Waals surface area (Å²) in [5, 5.41) is 19.2. The summed E-state index contributed by atoms with van der Waals surface area (Å²) in [6.07, 6.45) is 10.6. The van der Waals surface area contributed by atoms with Crippen LogP contribution < -0.4 is 5.69 Å². The van der Waals surface area contributed by atoms with Crippen molar-refractivity contribution in [2.45, 2.75) is 71.4 Å². The van der Waals surface area contributed by atoms with Gasteiger partial charge in [0.15, 0.2) is 0 Å². The Bertz CT molecular complexity index is 1290. The largest absolute Gasteiger partial charge is 0.346 e. The normalized spacial score (nSPS) is 11.1. The van der Waals surface area contributed by atoms with Crippen LogP contribution in [0.2, 0.25) is 0 Å². The van der Waals surface area contributed by atoms with Crippen molar-refractivity contribution in [3.63, 3.8) is 0 Å². The molecule has 0 aliphatic rings. The summed E-state index contributed by atoms with van der Waals surface area (Å²) in [7, 11) is 0. The lowest BCUT2D eigenvalue weighted by Gasteiger charge is -2.09. The van der Waals surface area contributed by atoms with Gasteiger partial charge >= 0.3 is 5.69 Å². The number of nitrogens with one attached hydrogen (secondary N) is 1. The summed E-state index contributed by atoms with van der Waals surface area (Å²) in [5.41, 5.74) is 4.01. The number of hydrogen-bond acceptors (Lipinski definition) is 5. The zero-order valence-electron chi connectivity index (χ0n) is 21.1. The molecule has 0 atom stereocenters. The van der Waals surface area contributed by atoms with Gasteiger partial charge in [0, 0.05) is 18.5 Å². The fourth-order valence-electron chi connectivity index (χ4n) is 4.43. The van der Waals surface area contributed by atoms with Crippen molar-refractivity contribution in [2.75, 3.05) is 0 Å². The van der Waals surface area contributed by atoms with E-state index in [2.05, 4.69) is 63.5 Å². The molecule has 0 fully saturated rings. The number of aromatic amines is 1. The van der Waals surface area contributed by atoms with Crippen LogP contribution >= 0.6 is 0 Å². The van der Waals surface area contributed by atoms with E-state index in [4.69, 9.17) is 0 Å². The number of unbranched alkanes of at least 4 members (excludes halogenated alkanes) is 5. The lowest BCUT2D eigenvalue weighted by Crippen LogP contribution is -2.26. The Morgan fingerprint density at radius 3 is 2.44 bits per heavy atom. The molecule has 0 spiro atoms.